The molecule has 1 aliphatic heterocycles. The Morgan fingerprint density at radius 3 is 2.31 bits per heavy atom. The topological polar surface area (TPSA) is 61.4 Å². The van der Waals surface area contributed by atoms with Gasteiger partial charge in [0, 0.05) is 12.3 Å². The molecule has 0 radical (unpaired) electrons. The summed E-state index contributed by atoms with van der Waals surface area (Å²) in [6, 6.07) is 19.2. The molecular weight excluding hydrogens is 346 g/mol. The van der Waals surface area contributed by atoms with E-state index in [1.165, 1.54) is 5.01 Å². The third kappa shape index (κ3) is 5.61. The highest BCUT2D eigenvalue weighted by atomic mass is 32.2. The Morgan fingerprint density at radius 2 is 1.69 bits per heavy atom. The molecule has 1 atom stereocenters. The van der Waals surface area contributed by atoms with Crippen molar-refractivity contribution in [1.82, 2.24) is 15.8 Å². The Labute approximate surface area is 158 Å². The lowest BCUT2D eigenvalue weighted by Gasteiger charge is -2.25. The van der Waals surface area contributed by atoms with Gasteiger partial charge in [-0.1, -0.05) is 60.7 Å². The van der Waals surface area contributed by atoms with Crippen molar-refractivity contribution in [2.24, 2.45) is 0 Å². The minimum Gasteiger partial charge on any atom is -0.304 e. The first-order valence-corrected chi connectivity index (χ1v) is 9.78. The summed E-state index contributed by atoms with van der Waals surface area (Å²) in [5.74, 6) is 0.742. The fourth-order valence-corrected chi connectivity index (χ4v) is 3.82. The zero-order valence-corrected chi connectivity index (χ0v) is 15.4. The van der Waals surface area contributed by atoms with Crippen LogP contribution in [0.3, 0.4) is 0 Å². The molecule has 1 saturated heterocycles. The van der Waals surface area contributed by atoms with Crippen molar-refractivity contribution >= 4 is 23.6 Å². The number of hydrazine groups is 1. The van der Waals surface area contributed by atoms with E-state index in [2.05, 4.69) is 10.7 Å². The molecular formula is C20H23N3O2S. The molecule has 1 fully saturated rings. The van der Waals surface area contributed by atoms with Crippen LogP contribution < -0.4 is 10.7 Å². The standard InChI is InChI=1S/C20H23N3O2S/c24-18(13-16-7-3-1-4-8-16)22-23(15-17-9-5-2-6-10-17)20(25)14-19-21-11-12-26-19/h1-10,19,21H,11-15H2,(H,22,24). The van der Waals surface area contributed by atoms with Gasteiger partial charge in [0.25, 0.3) is 0 Å². The fourth-order valence-electron chi connectivity index (χ4n) is 2.81. The summed E-state index contributed by atoms with van der Waals surface area (Å²) < 4.78 is 0. The van der Waals surface area contributed by atoms with Crippen molar-refractivity contribution in [3.05, 3.63) is 71.8 Å². The van der Waals surface area contributed by atoms with Gasteiger partial charge < -0.3 is 5.32 Å². The lowest BCUT2D eigenvalue weighted by molar-refractivity contribution is -0.142. The number of thioether (sulfide) groups is 1. The minimum absolute atomic E-state index is 0.0813. The highest BCUT2D eigenvalue weighted by molar-refractivity contribution is 8.00. The number of nitrogens with zero attached hydrogens (tertiary/aromatic N) is 1. The number of amides is 2. The molecule has 0 aliphatic carbocycles. The quantitative estimate of drug-likeness (QED) is 0.768. The molecule has 1 aliphatic rings. The molecule has 2 N–H and O–H groups in total. The maximum Gasteiger partial charge on any atom is 0.243 e. The maximum absolute atomic E-state index is 12.7. The van der Waals surface area contributed by atoms with Gasteiger partial charge in [0.05, 0.1) is 24.8 Å². The minimum atomic E-state index is -0.187. The molecule has 136 valence electrons. The maximum atomic E-state index is 12.7. The van der Waals surface area contributed by atoms with Crippen LogP contribution >= 0.6 is 11.8 Å². The van der Waals surface area contributed by atoms with Crippen molar-refractivity contribution in [1.29, 1.82) is 0 Å². The molecule has 2 aromatic rings. The highest BCUT2D eigenvalue weighted by Gasteiger charge is 2.23. The van der Waals surface area contributed by atoms with Crippen molar-refractivity contribution in [2.45, 2.75) is 24.8 Å². The van der Waals surface area contributed by atoms with Gasteiger partial charge in [-0.05, 0) is 11.1 Å². The normalized spacial score (nSPS) is 16.2. The molecule has 2 amide bonds. The second-order valence-electron chi connectivity index (χ2n) is 6.18. The first kappa shape index (κ1) is 18.5. The lowest BCUT2D eigenvalue weighted by atomic mass is 10.1. The largest absolute Gasteiger partial charge is 0.304 e. The van der Waals surface area contributed by atoms with Gasteiger partial charge in [-0.3, -0.25) is 15.0 Å². The van der Waals surface area contributed by atoms with E-state index >= 15 is 0 Å². The molecule has 0 saturated carbocycles. The number of hydrogen-bond acceptors (Lipinski definition) is 4. The highest BCUT2D eigenvalue weighted by Crippen LogP contribution is 2.18. The monoisotopic (exact) mass is 369 g/mol. The first-order chi connectivity index (χ1) is 12.7. The molecule has 26 heavy (non-hydrogen) atoms. The Bertz CT molecular complexity index is 718. The molecule has 1 heterocycles. The number of hydrogen-bond donors (Lipinski definition) is 2. The third-order valence-corrected chi connectivity index (χ3v) is 5.28. The molecule has 3 rings (SSSR count). The van der Waals surface area contributed by atoms with Crippen LogP contribution in [0.2, 0.25) is 0 Å². The average molecular weight is 369 g/mol. The van der Waals surface area contributed by atoms with Gasteiger partial charge in [-0.25, -0.2) is 5.01 Å². The SMILES string of the molecule is O=C(Cc1ccccc1)NN(Cc1ccccc1)C(=O)CC1NCCS1. The number of nitrogens with one attached hydrogen (secondary N) is 2. The van der Waals surface area contributed by atoms with Crippen LogP contribution in [-0.4, -0.2) is 34.5 Å². The number of benzene rings is 2. The predicted molar refractivity (Wildman–Crippen MR) is 104 cm³/mol. The van der Waals surface area contributed by atoms with Gasteiger partial charge in [0.1, 0.15) is 0 Å². The summed E-state index contributed by atoms with van der Waals surface area (Å²) in [4.78, 5) is 25.2. The second-order valence-corrected chi connectivity index (χ2v) is 7.49. The average Bonchev–Trinajstić information content (AvgIpc) is 3.16. The Hall–Kier alpha value is -2.31. The van der Waals surface area contributed by atoms with Gasteiger partial charge in [0.2, 0.25) is 11.8 Å². The van der Waals surface area contributed by atoms with E-state index < -0.39 is 0 Å². The van der Waals surface area contributed by atoms with Crippen LogP contribution in [0, 0.1) is 0 Å². The van der Waals surface area contributed by atoms with Crippen LogP contribution in [0.1, 0.15) is 17.5 Å². The molecule has 5 nitrogen and oxygen atoms in total. The van der Waals surface area contributed by atoms with Gasteiger partial charge in [0.15, 0.2) is 0 Å². The lowest BCUT2D eigenvalue weighted by Crippen LogP contribution is -2.47. The summed E-state index contributed by atoms with van der Waals surface area (Å²) in [6.07, 6.45) is 0.610. The smallest absolute Gasteiger partial charge is 0.243 e. The van der Waals surface area contributed by atoms with E-state index in [1.54, 1.807) is 11.8 Å². The Balaban J connectivity index is 1.65. The summed E-state index contributed by atoms with van der Waals surface area (Å²) in [5, 5.41) is 4.87. The van der Waals surface area contributed by atoms with Crippen LogP contribution in [0.15, 0.2) is 60.7 Å². The number of carbonyl (C=O) groups is 2. The van der Waals surface area contributed by atoms with E-state index in [1.807, 2.05) is 60.7 Å². The van der Waals surface area contributed by atoms with Crippen LogP contribution in [0.5, 0.6) is 0 Å². The molecule has 0 aromatic heterocycles. The summed E-state index contributed by atoms with van der Waals surface area (Å²) in [5.41, 5.74) is 4.70. The van der Waals surface area contributed by atoms with E-state index in [9.17, 15) is 9.59 Å². The van der Waals surface area contributed by atoms with Gasteiger partial charge in [-0.15, -0.1) is 11.8 Å². The van der Waals surface area contributed by atoms with Gasteiger partial charge in [-0.2, -0.15) is 0 Å². The van der Waals surface area contributed by atoms with Crippen molar-refractivity contribution in [3.63, 3.8) is 0 Å². The van der Waals surface area contributed by atoms with E-state index in [0.29, 0.717) is 13.0 Å². The van der Waals surface area contributed by atoms with E-state index in [-0.39, 0.29) is 23.6 Å². The Kier molecular flexibility index (Phi) is 6.68. The summed E-state index contributed by atoms with van der Waals surface area (Å²) >= 11 is 1.74. The predicted octanol–water partition coefficient (Wildman–Crippen LogP) is 2.34. The molecule has 6 heteroatoms. The van der Waals surface area contributed by atoms with Crippen molar-refractivity contribution < 1.29 is 9.59 Å². The first-order valence-electron chi connectivity index (χ1n) is 8.73. The van der Waals surface area contributed by atoms with Gasteiger partial charge >= 0.3 is 0 Å². The van der Waals surface area contributed by atoms with Crippen molar-refractivity contribution in [2.75, 3.05) is 12.3 Å². The number of carbonyl (C=O) groups excluding carboxylic acids is 2. The number of rotatable bonds is 6. The molecule has 1 unspecified atom stereocenters. The summed E-state index contributed by atoms with van der Waals surface area (Å²) in [7, 11) is 0. The molecule has 0 spiro atoms. The third-order valence-electron chi connectivity index (χ3n) is 4.10. The zero-order valence-electron chi connectivity index (χ0n) is 14.6. The second kappa shape index (κ2) is 9.40. The molecule has 0 bridgehead atoms. The van der Waals surface area contributed by atoms with Crippen LogP contribution in [-0.2, 0) is 22.6 Å². The molecule has 2 aromatic carbocycles. The van der Waals surface area contributed by atoms with E-state index in [4.69, 9.17) is 0 Å². The van der Waals surface area contributed by atoms with Crippen molar-refractivity contribution in [3.8, 4) is 0 Å². The Morgan fingerprint density at radius 1 is 1.04 bits per heavy atom. The summed E-state index contributed by atoms with van der Waals surface area (Å²) in [6.45, 7) is 1.28. The fraction of sp³-hybridized carbons (Fsp3) is 0.300. The van der Waals surface area contributed by atoms with Crippen LogP contribution in [0.25, 0.3) is 0 Å². The van der Waals surface area contributed by atoms with Crippen LogP contribution in [0.4, 0.5) is 0 Å². The zero-order chi connectivity index (χ0) is 18.2. The van der Waals surface area contributed by atoms with E-state index in [0.717, 1.165) is 23.4 Å².